The number of aromatic nitrogens is 3. The van der Waals surface area contributed by atoms with Crippen molar-refractivity contribution in [3.05, 3.63) is 47.4 Å². The number of amides is 2. The molecule has 3 aromatic rings. The van der Waals surface area contributed by atoms with Gasteiger partial charge < -0.3 is 10.2 Å². The molecule has 35 heavy (non-hydrogen) atoms. The van der Waals surface area contributed by atoms with Crippen molar-refractivity contribution in [3.63, 3.8) is 0 Å². The standard InChI is InChI=1S/C26H29ClN6O2/c1-26(2)21-22(26)25(35)32(24(21)34)11-15-9-20-23(29-14-30-33(20)12-15)18-10-16(27)6-7-19(18)31-8-4-5-17(13-31)28-3/h6-7,9-10,12,14,17,21-22,28H,4-5,8,11,13H2,1-3H3. The topological polar surface area (TPSA) is 82.8 Å². The highest BCUT2D eigenvalue weighted by Gasteiger charge is 2.72. The summed E-state index contributed by atoms with van der Waals surface area (Å²) in [7, 11) is 2.01. The molecule has 0 spiro atoms. The van der Waals surface area contributed by atoms with Gasteiger partial charge in [-0.05, 0) is 55.1 Å². The number of halogens is 1. The quantitative estimate of drug-likeness (QED) is 0.550. The Morgan fingerprint density at radius 3 is 2.69 bits per heavy atom. The third kappa shape index (κ3) is 3.53. The molecular formula is C26H29ClN6O2. The number of carbonyl (C=O) groups is 2. The maximum atomic E-state index is 12.8. The van der Waals surface area contributed by atoms with Crippen LogP contribution in [0, 0.1) is 17.3 Å². The molecule has 1 saturated carbocycles. The lowest BCUT2D eigenvalue weighted by Gasteiger charge is -2.35. The first-order valence-corrected chi connectivity index (χ1v) is 12.6. The van der Waals surface area contributed by atoms with Crippen LogP contribution in [0.3, 0.4) is 0 Å². The fraction of sp³-hybridized carbons (Fsp3) is 0.462. The van der Waals surface area contributed by atoms with Crippen molar-refractivity contribution in [1.29, 1.82) is 0 Å². The zero-order valence-corrected chi connectivity index (χ0v) is 20.9. The fourth-order valence-electron chi connectivity index (χ4n) is 6.02. The van der Waals surface area contributed by atoms with Gasteiger partial charge in [-0.15, -0.1) is 0 Å². The van der Waals surface area contributed by atoms with E-state index in [1.807, 2.05) is 45.3 Å². The Morgan fingerprint density at radius 1 is 1.17 bits per heavy atom. The van der Waals surface area contributed by atoms with Gasteiger partial charge in [-0.25, -0.2) is 9.50 Å². The monoisotopic (exact) mass is 492 g/mol. The second kappa shape index (κ2) is 8.03. The van der Waals surface area contributed by atoms with Crippen LogP contribution < -0.4 is 10.2 Å². The average Bonchev–Trinajstić information content (AvgIpc) is 3.10. The van der Waals surface area contributed by atoms with Gasteiger partial charge >= 0.3 is 0 Å². The molecule has 3 atom stereocenters. The number of nitrogens with zero attached hydrogens (tertiary/aromatic N) is 5. The van der Waals surface area contributed by atoms with E-state index in [2.05, 4.69) is 26.4 Å². The van der Waals surface area contributed by atoms with Crippen LogP contribution in [0.15, 0.2) is 36.8 Å². The average molecular weight is 493 g/mol. The number of likely N-dealkylation sites (N-methyl/N-ethyl adjacent to an activating group) is 1. The normalized spacial score (nSPS) is 25.4. The molecule has 2 saturated heterocycles. The Balaban J connectivity index is 1.35. The molecule has 3 fully saturated rings. The highest BCUT2D eigenvalue weighted by atomic mass is 35.5. The second-order valence-electron chi connectivity index (χ2n) is 10.6. The summed E-state index contributed by atoms with van der Waals surface area (Å²) in [5, 5.41) is 8.44. The molecule has 2 aliphatic heterocycles. The lowest BCUT2D eigenvalue weighted by Crippen LogP contribution is -2.44. The maximum Gasteiger partial charge on any atom is 0.233 e. The van der Waals surface area contributed by atoms with Gasteiger partial charge in [-0.2, -0.15) is 5.10 Å². The summed E-state index contributed by atoms with van der Waals surface area (Å²) in [6, 6.07) is 8.35. The molecule has 0 radical (unpaired) electrons. The maximum absolute atomic E-state index is 12.8. The van der Waals surface area contributed by atoms with E-state index in [-0.39, 0.29) is 35.6 Å². The molecule has 9 heteroatoms. The van der Waals surface area contributed by atoms with Gasteiger partial charge in [-0.3, -0.25) is 14.5 Å². The largest absolute Gasteiger partial charge is 0.369 e. The van der Waals surface area contributed by atoms with Crippen LogP contribution in [0.5, 0.6) is 0 Å². The summed E-state index contributed by atoms with van der Waals surface area (Å²) in [6.07, 6.45) is 5.67. The van der Waals surface area contributed by atoms with Crippen LogP contribution in [0.25, 0.3) is 16.8 Å². The van der Waals surface area contributed by atoms with Crippen LogP contribution in [-0.2, 0) is 16.1 Å². The summed E-state index contributed by atoms with van der Waals surface area (Å²) < 4.78 is 1.77. The molecule has 6 rings (SSSR count). The Labute approximate surface area is 209 Å². The van der Waals surface area contributed by atoms with Gasteiger partial charge in [0.15, 0.2) is 0 Å². The molecule has 2 amide bonds. The van der Waals surface area contributed by atoms with Crippen LogP contribution in [-0.4, -0.2) is 57.5 Å². The molecule has 2 aromatic heterocycles. The Kier molecular flexibility index (Phi) is 5.16. The first kappa shape index (κ1) is 22.5. The number of hydrogen-bond acceptors (Lipinski definition) is 6. The predicted octanol–water partition coefficient (Wildman–Crippen LogP) is 3.38. The van der Waals surface area contributed by atoms with Crippen LogP contribution in [0.2, 0.25) is 5.02 Å². The van der Waals surface area contributed by atoms with Crippen LogP contribution in [0.1, 0.15) is 32.3 Å². The second-order valence-corrected chi connectivity index (χ2v) is 11.0. The van der Waals surface area contributed by atoms with E-state index in [0.717, 1.165) is 54.0 Å². The molecule has 182 valence electrons. The Bertz CT molecular complexity index is 1330. The number of imide groups is 1. The molecule has 8 nitrogen and oxygen atoms in total. The number of piperidine rings is 2. The zero-order valence-electron chi connectivity index (χ0n) is 20.2. The van der Waals surface area contributed by atoms with E-state index >= 15 is 0 Å². The van der Waals surface area contributed by atoms with Gasteiger partial charge in [0, 0.05) is 41.6 Å². The third-order valence-corrected chi connectivity index (χ3v) is 8.31. The van der Waals surface area contributed by atoms with Crippen molar-refractivity contribution in [2.75, 3.05) is 25.0 Å². The number of carbonyl (C=O) groups excluding carboxylic acids is 2. The van der Waals surface area contributed by atoms with Crippen molar-refractivity contribution >= 4 is 34.6 Å². The predicted molar refractivity (Wildman–Crippen MR) is 134 cm³/mol. The van der Waals surface area contributed by atoms with Gasteiger partial charge in [0.25, 0.3) is 0 Å². The van der Waals surface area contributed by atoms with Crippen molar-refractivity contribution in [1.82, 2.24) is 24.8 Å². The number of likely N-dealkylation sites (tertiary alicyclic amines) is 1. The molecule has 0 bridgehead atoms. The summed E-state index contributed by atoms with van der Waals surface area (Å²) in [5.41, 5.74) is 4.27. The molecular weight excluding hydrogens is 464 g/mol. The highest BCUT2D eigenvalue weighted by molar-refractivity contribution is 6.31. The minimum atomic E-state index is -0.210. The molecule has 1 aromatic carbocycles. The summed E-state index contributed by atoms with van der Waals surface area (Å²) in [4.78, 5) is 34.1. The van der Waals surface area contributed by atoms with Crippen molar-refractivity contribution in [2.24, 2.45) is 17.3 Å². The Morgan fingerprint density at radius 2 is 1.94 bits per heavy atom. The number of nitrogens with one attached hydrogen (secondary N) is 1. The first-order chi connectivity index (χ1) is 16.8. The minimum absolute atomic E-state index is 0.0622. The number of hydrogen-bond donors (Lipinski definition) is 1. The Hall–Kier alpha value is -2.97. The number of fused-ring (bicyclic) bond motifs is 2. The van der Waals surface area contributed by atoms with E-state index < -0.39 is 0 Å². The SMILES string of the molecule is CNC1CCCN(c2ccc(Cl)cc2-c2ncnn3cc(CN4C(=O)C5C(C4=O)C5(C)C)cc23)C1. The highest BCUT2D eigenvalue weighted by Crippen LogP contribution is 2.63. The van der Waals surface area contributed by atoms with Gasteiger partial charge in [0.05, 0.1) is 29.6 Å². The molecule has 1 N–H and O–H groups in total. The van der Waals surface area contributed by atoms with Crippen LogP contribution in [0.4, 0.5) is 5.69 Å². The van der Waals surface area contributed by atoms with E-state index in [0.29, 0.717) is 11.1 Å². The van der Waals surface area contributed by atoms with Crippen molar-refractivity contribution < 1.29 is 9.59 Å². The van der Waals surface area contributed by atoms with E-state index in [4.69, 9.17) is 11.6 Å². The molecule has 4 heterocycles. The van der Waals surface area contributed by atoms with Crippen molar-refractivity contribution in [2.45, 2.75) is 39.3 Å². The van der Waals surface area contributed by atoms with Gasteiger partial charge in [-0.1, -0.05) is 25.4 Å². The lowest BCUT2D eigenvalue weighted by molar-refractivity contribution is -0.143. The van der Waals surface area contributed by atoms with E-state index in [1.165, 1.54) is 11.2 Å². The summed E-state index contributed by atoms with van der Waals surface area (Å²) >= 11 is 6.44. The number of benzene rings is 1. The summed E-state index contributed by atoms with van der Waals surface area (Å²) in [6.45, 7) is 6.12. The van der Waals surface area contributed by atoms with Gasteiger partial charge in [0.1, 0.15) is 6.33 Å². The van der Waals surface area contributed by atoms with Gasteiger partial charge in [0.2, 0.25) is 11.8 Å². The first-order valence-electron chi connectivity index (χ1n) is 12.2. The van der Waals surface area contributed by atoms with Crippen LogP contribution >= 0.6 is 11.6 Å². The van der Waals surface area contributed by atoms with E-state index in [9.17, 15) is 9.59 Å². The molecule has 3 aliphatic rings. The fourth-order valence-corrected chi connectivity index (χ4v) is 6.20. The zero-order chi connectivity index (χ0) is 24.5. The van der Waals surface area contributed by atoms with E-state index in [1.54, 1.807) is 4.52 Å². The lowest BCUT2D eigenvalue weighted by atomic mass is 10.0. The molecule has 3 unspecified atom stereocenters. The smallest absolute Gasteiger partial charge is 0.233 e. The van der Waals surface area contributed by atoms with Crippen molar-refractivity contribution in [3.8, 4) is 11.3 Å². The minimum Gasteiger partial charge on any atom is -0.369 e. The summed E-state index contributed by atoms with van der Waals surface area (Å²) in [5.74, 6) is -0.481. The third-order valence-electron chi connectivity index (χ3n) is 8.08. The molecule has 1 aliphatic carbocycles. The number of rotatable bonds is 5. The number of anilines is 1.